The van der Waals surface area contributed by atoms with Crippen molar-refractivity contribution in [2.75, 3.05) is 32.1 Å². The van der Waals surface area contributed by atoms with E-state index in [1.54, 1.807) is 6.33 Å². The van der Waals surface area contributed by atoms with Crippen LogP contribution in [0.25, 0.3) is 11.2 Å². The van der Waals surface area contributed by atoms with E-state index in [1.807, 2.05) is 4.57 Å². The van der Waals surface area contributed by atoms with Crippen molar-refractivity contribution >= 4 is 17.0 Å². The van der Waals surface area contributed by atoms with Crippen LogP contribution in [0.5, 0.6) is 0 Å². The van der Waals surface area contributed by atoms with Crippen LogP contribution in [0.4, 0.5) is 5.82 Å². The molecule has 0 spiro atoms. The standard InChI is InChI=1S/C14H20N6O4/c15-13-9-14(18-5-17-13)20(6-19-9)10(7-3-23-2-1-16-7)12-11(22)8(21)4-24-12/h5-8,10-12,16,21-22H,1-4H2,(H2,15,17,18). The molecule has 5 unspecified atom stereocenters. The van der Waals surface area contributed by atoms with Crippen LogP contribution in [0.2, 0.25) is 0 Å². The first-order valence-corrected chi connectivity index (χ1v) is 7.88. The van der Waals surface area contributed by atoms with Gasteiger partial charge in [-0.3, -0.25) is 0 Å². The molecule has 0 aliphatic carbocycles. The minimum atomic E-state index is -1.00. The van der Waals surface area contributed by atoms with Gasteiger partial charge in [-0.1, -0.05) is 0 Å². The van der Waals surface area contributed by atoms with Crippen LogP contribution in [0, 0.1) is 0 Å². The molecule has 4 rings (SSSR count). The number of nitrogen functional groups attached to an aromatic ring is 1. The Kier molecular flexibility index (Phi) is 4.06. The van der Waals surface area contributed by atoms with Gasteiger partial charge < -0.3 is 35.3 Å². The summed E-state index contributed by atoms with van der Waals surface area (Å²) in [5, 5.41) is 23.6. The first-order chi connectivity index (χ1) is 11.7. The second-order valence-corrected chi connectivity index (χ2v) is 6.06. The number of nitrogens with two attached hydrogens (primary N) is 1. The summed E-state index contributed by atoms with van der Waals surface area (Å²) < 4.78 is 13.1. The zero-order valence-electron chi connectivity index (χ0n) is 12.9. The maximum Gasteiger partial charge on any atom is 0.165 e. The lowest BCUT2D eigenvalue weighted by atomic mass is 9.96. The number of anilines is 1. The number of morpholine rings is 1. The molecule has 2 saturated heterocycles. The largest absolute Gasteiger partial charge is 0.388 e. The average molecular weight is 336 g/mol. The molecule has 2 aromatic rings. The number of rotatable bonds is 3. The molecule has 24 heavy (non-hydrogen) atoms. The van der Waals surface area contributed by atoms with E-state index in [0.29, 0.717) is 36.7 Å². The molecular formula is C14H20N6O4. The van der Waals surface area contributed by atoms with Gasteiger partial charge in [-0.25, -0.2) is 15.0 Å². The fraction of sp³-hybridized carbons (Fsp3) is 0.643. The summed E-state index contributed by atoms with van der Waals surface area (Å²) in [5.74, 6) is 0.290. The summed E-state index contributed by atoms with van der Waals surface area (Å²) >= 11 is 0. The number of fused-ring (bicyclic) bond motifs is 1. The van der Waals surface area contributed by atoms with Gasteiger partial charge in [0.05, 0.1) is 38.2 Å². The highest BCUT2D eigenvalue weighted by Crippen LogP contribution is 2.31. The average Bonchev–Trinajstić information content (AvgIpc) is 3.16. The van der Waals surface area contributed by atoms with Crippen molar-refractivity contribution in [2.45, 2.75) is 30.4 Å². The molecule has 0 amide bonds. The molecule has 10 heteroatoms. The third kappa shape index (κ3) is 2.52. The van der Waals surface area contributed by atoms with E-state index < -0.39 is 18.3 Å². The maximum atomic E-state index is 10.3. The molecule has 2 fully saturated rings. The highest BCUT2D eigenvalue weighted by molar-refractivity contribution is 5.81. The van der Waals surface area contributed by atoms with E-state index in [2.05, 4.69) is 20.3 Å². The normalized spacial score (nSPS) is 32.2. The SMILES string of the molecule is Nc1ncnc2c1ncn2C(C1COCCN1)C1OCC(O)C1O. The van der Waals surface area contributed by atoms with E-state index in [9.17, 15) is 10.2 Å². The van der Waals surface area contributed by atoms with Gasteiger partial charge in [0.1, 0.15) is 30.2 Å². The molecule has 4 heterocycles. The number of imidazole rings is 1. The van der Waals surface area contributed by atoms with Gasteiger partial charge in [0.25, 0.3) is 0 Å². The van der Waals surface area contributed by atoms with E-state index >= 15 is 0 Å². The lowest BCUT2D eigenvalue weighted by Crippen LogP contribution is -2.52. The third-order valence-electron chi connectivity index (χ3n) is 4.60. The van der Waals surface area contributed by atoms with Gasteiger partial charge in [0, 0.05) is 6.54 Å². The summed E-state index contributed by atoms with van der Waals surface area (Å²) in [6, 6.07) is -0.492. The van der Waals surface area contributed by atoms with Crippen molar-refractivity contribution in [1.82, 2.24) is 24.8 Å². The molecule has 0 radical (unpaired) electrons. The number of nitrogens with one attached hydrogen (secondary N) is 1. The van der Waals surface area contributed by atoms with Gasteiger partial charge >= 0.3 is 0 Å². The van der Waals surface area contributed by atoms with Gasteiger partial charge in [-0.15, -0.1) is 0 Å². The first kappa shape index (κ1) is 15.7. The highest BCUT2D eigenvalue weighted by atomic mass is 16.5. The number of aliphatic hydroxyl groups is 2. The van der Waals surface area contributed by atoms with Gasteiger partial charge in [-0.05, 0) is 0 Å². The lowest BCUT2D eigenvalue weighted by molar-refractivity contribution is -0.0337. The second kappa shape index (κ2) is 6.22. The molecule has 0 bridgehead atoms. The summed E-state index contributed by atoms with van der Waals surface area (Å²) in [6.07, 6.45) is 0.440. The second-order valence-electron chi connectivity index (χ2n) is 6.06. The molecule has 2 aliphatic rings. The predicted octanol–water partition coefficient (Wildman–Crippen LogP) is -1.94. The van der Waals surface area contributed by atoms with E-state index in [0.717, 1.165) is 0 Å². The van der Waals surface area contributed by atoms with Gasteiger partial charge in [0.2, 0.25) is 0 Å². The molecule has 2 aromatic heterocycles. The summed E-state index contributed by atoms with van der Waals surface area (Å²) in [6.45, 7) is 1.85. The van der Waals surface area contributed by atoms with Crippen LogP contribution in [-0.4, -0.2) is 80.5 Å². The third-order valence-corrected chi connectivity index (χ3v) is 4.60. The van der Waals surface area contributed by atoms with Gasteiger partial charge in [-0.2, -0.15) is 0 Å². The van der Waals surface area contributed by atoms with Crippen LogP contribution >= 0.6 is 0 Å². The number of aromatic nitrogens is 4. The van der Waals surface area contributed by atoms with Crippen LogP contribution in [0.1, 0.15) is 6.04 Å². The number of hydrogen-bond donors (Lipinski definition) is 4. The van der Waals surface area contributed by atoms with Crippen LogP contribution in [-0.2, 0) is 9.47 Å². The van der Waals surface area contributed by atoms with E-state index in [4.69, 9.17) is 15.2 Å². The van der Waals surface area contributed by atoms with Crippen molar-refractivity contribution in [3.63, 3.8) is 0 Å². The summed E-state index contributed by atoms with van der Waals surface area (Å²) in [7, 11) is 0. The van der Waals surface area contributed by atoms with Crippen LogP contribution in [0.3, 0.4) is 0 Å². The number of nitrogens with zero attached hydrogens (tertiary/aromatic N) is 4. The lowest BCUT2D eigenvalue weighted by Gasteiger charge is -2.36. The predicted molar refractivity (Wildman–Crippen MR) is 83.1 cm³/mol. The Bertz CT molecular complexity index is 718. The monoisotopic (exact) mass is 336 g/mol. The highest BCUT2D eigenvalue weighted by Gasteiger charge is 2.44. The minimum Gasteiger partial charge on any atom is -0.388 e. The van der Waals surface area contributed by atoms with Crippen molar-refractivity contribution in [3.8, 4) is 0 Å². The molecule has 5 atom stereocenters. The molecule has 5 N–H and O–H groups in total. The first-order valence-electron chi connectivity index (χ1n) is 7.88. The molecule has 0 aromatic carbocycles. The van der Waals surface area contributed by atoms with Crippen molar-refractivity contribution in [3.05, 3.63) is 12.7 Å². The molecule has 130 valence electrons. The molecule has 10 nitrogen and oxygen atoms in total. The van der Waals surface area contributed by atoms with Crippen molar-refractivity contribution in [1.29, 1.82) is 0 Å². The zero-order chi connectivity index (χ0) is 16.7. The van der Waals surface area contributed by atoms with Crippen molar-refractivity contribution < 1.29 is 19.7 Å². The van der Waals surface area contributed by atoms with E-state index in [-0.39, 0.29) is 18.7 Å². The zero-order valence-corrected chi connectivity index (χ0v) is 12.9. The number of hydrogen-bond acceptors (Lipinski definition) is 9. The Morgan fingerprint density at radius 1 is 1.29 bits per heavy atom. The Morgan fingerprint density at radius 2 is 2.17 bits per heavy atom. The molecular weight excluding hydrogens is 316 g/mol. The number of aliphatic hydroxyl groups excluding tert-OH is 2. The molecule has 2 aliphatic heterocycles. The van der Waals surface area contributed by atoms with Crippen molar-refractivity contribution in [2.24, 2.45) is 0 Å². The van der Waals surface area contributed by atoms with Crippen LogP contribution in [0.15, 0.2) is 12.7 Å². The minimum absolute atomic E-state index is 0.0830. The number of ether oxygens (including phenoxy) is 2. The van der Waals surface area contributed by atoms with Gasteiger partial charge in [0.15, 0.2) is 11.5 Å². The van der Waals surface area contributed by atoms with Crippen LogP contribution < -0.4 is 11.1 Å². The fourth-order valence-electron chi connectivity index (χ4n) is 3.40. The van der Waals surface area contributed by atoms with E-state index in [1.165, 1.54) is 6.33 Å². The summed E-state index contributed by atoms with van der Waals surface area (Å²) in [4.78, 5) is 12.5. The Labute approximate surface area is 137 Å². The maximum absolute atomic E-state index is 10.3. The Morgan fingerprint density at radius 3 is 2.88 bits per heavy atom. The molecule has 0 saturated carbocycles. The Hall–Kier alpha value is -1.85. The smallest absolute Gasteiger partial charge is 0.165 e. The topological polar surface area (TPSA) is 141 Å². The Balaban J connectivity index is 1.77. The fourth-order valence-corrected chi connectivity index (χ4v) is 3.40. The quantitative estimate of drug-likeness (QED) is 0.503. The summed E-state index contributed by atoms with van der Waals surface area (Å²) in [5.41, 5.74) is 6.91.